The van der Waals surface area contributed by atoms with E-state index < -0.39 is 22.8 Å². The highest BCUT2D eigenvalue weighted by molar-refractivity contribution is 6.39. The van der Waals surface area contributed by atoms with Gasteiger partial charge in [-0.1, -0.05) is 0 Å². The molecule has 0 aliphatic heterocycles. The Kier molecular flexibility index (Phi) is 5.49. The van der Waals surface area contributed by atoms with Crippen molar-refractivity contribution in [3.05, 3.63) is 32.6 Å². The van der Waals surface area contributed by atoms with E-state index in [1.165, 1.54) is 17.9 Å². The summed E-state index contributed by atoms with van der Waals surface area (Å²) in [5.74, 6) is 0. The Labute approximate surface area is 116 Å². The summed E-state index contributed by atoms with van der Waals surface area (Å²) < 4.78 is 6.41. The molecule has 1 unspecified atom stereocenters. The number of aromatic amines is 1. The van der Waals surface area contributed by atoms with Gasteiger partial charge in [0.15, 0.2) is 6.29 Å². The van der Waals surface area contributed by atoms with Gasteiger partial charge in [0.05, 0.1) is 17.1 Å². The van der Waals surface area contributed by atoms with Gasteiger partial charge in [-0.15, -0.1) is 0 Å². The zero-order valence-electron chi connectivity index (χ0n) is 11.6. The summed E-state index contributed by atoms with van der Waals surface area (Å²) in [6, 6.07) is 0. The monoisotopic (exact) mass is 282 g/mol. The molecule has 1 aromatic rings. The molecule has 1 atom stereocenters. The van der Waals surface area contributed by atoms with Gasteiger partial charge in [-0.25, -0.2) is 9.68 Å². The van der Waals surface area contributed by atoms with Gasteiger partial charge in [0.2, 0.25) is 0 Å². The van der Waals surface area contributed by atoms with Gasteiger partial charge in [-0.3, -0.25) is 24.4 Å². The normalized spacial score (nSPS) is 13.1. The molecule has 0 fully saturated rings. The highest BCUT2D eigenvalue weighted by atomic mass is 17.1. The number of H-pyrrole nitrogens is 1. The standard InChI is InChI=1S/C10H16B2N2O6/c1-19-7(10(11,12)20-18)2-3-14-4-6(5-15)8(16)13-9(14)17/h4-5,7,18H,2-3,11-12H2,1H3,(H,13,16,17). The van der Waals surface area contributed by atoms with Crippen molar-refractivity contribution in [2.24, 2.45) is 0 Å². The number of nitrogens with one attached hydrogen (secondary N) is 1. The van der Waals surface area contributed by atoms with Crippen molar-refractivity contribution < 1.29 is 19.7 Å². The van der Waals surface area contributed by atoms with E-state index in [0.717, 1.165) is 0 Å². The number of carbonyl (C=O) groups excluding carboxylic acids is 1. The molecule has 1 aromatic heterocycles. The fraction of sp³-hybridized carbons (Fsp3) is 0.500. The number of aryl methyl sites for hydroxylation is 1. The van der Waals surface area contributed by atoms with Crippen LogP contribution in [-0.4, -0.2) is 55.4 Å². The molecule has 1 heterocycles. The molecule has 0 radical (unpaired) electrons. The fourth-order valence-corrected chi connectivity index (χ4v) is 1.84. The Morgan fingerprint density at radius 2 is 2.20 bits per heavy atom. The van der Waals surface area contributed by atoms with E-state index >= 15 is 0 Å². The van der Waals surface area contributed by atoms with Gasteiger partial charge in [-0.2, -0.15) is 0 Å². The number of hydrogen-bond acceptors (Lipinski definition) is 6. The smallest absolute Gasteiger partial charge is 0.328 e. The van der Waals surface area contributed by atoms with Gasteiger partial charge in [0.1, 0.15) is 15.7 Å². The number of ether oxygens (including phenoxy) is 1. The highest BCUT2D eigenvalue weighted by Crippen LogP contribution is 2.13. The van der Waals surface area contributed by atoms with E-state index in [2.05, 4.69) is 9.87 Å². The van der Waals surface area contributed by atoms with E-state index in [1.807, 2.05) is 0 Å². The van der Waals surface area contributed by atoms with Crippen LogP contribution in [0.15, 0.2) is 15.8 Å². The molecule has 2 N–H and O–H groups in total. The summed E-state index contributed by atoms with van der Waals surface area (Å²) in [6.45, 7) is 0.196. The number of rotatable bonds is 7. The molecule has 1 rings (SSSR count). The maximum atomic E-state index is 11.6. The molecule has 0 saturated carbocycles. The van der Waals surface area contributed by atoms with E-state index in [-0.39, 0.29) is 12.1 Å². The number of hydrogen-bond donors (Lipinski definition) is 2. The molecule has 0 saturated heterocycles. The topological polar surface area (TPSA) is 111 Å². The van der Waals surface area contributed by atoms with Gasteiger partial charge < -0.3 is 4.74 Å². The summed E-state index contributed by atoms with van der Waals surface area (Å²) in [5, 5.41) is 7.87. The second-order valence-electron chi connectivity index (χ2n) is 4.86. The Morgan fingerprint density at radius 3 is 2.70 bits per heavy atom. The van der Waals surface area contributed by atoms with Gasteiger partial charge >= 0.3 is 5.69 Å². The average molecular weight is 282 g/mol. The Morgan fingerprint density at radius 1 is 1.55 bits per heavy atom. The van der Waals surface area contributed by atoms with E-state index in [4.69, 9.17) is 9.99 Å². The first-order valence-corrected chi connectivity index (χ1v) is 6.00. The molecule has 10 heteroatoms. The van der Waals surface area contributed by atoms with Crippen LogP contribution in [0.25, 0.3) is 0 Å². The SMILES string of the molecule is BC(B)(OO)C(CCn1cc(C=O)c(=O)[nH]c1=O)OC. The van der Waals surface area contributed by atoms with Crippen molar-refractivity contribution in [2.45, 2.75) is 24.5 Å². The first-order chi connectivity index (χ1) is 9.35. The minimum Gasteiger partial charge on any atom is -0.380 e. The van der Waals surface area contributed by atoms with Crippen LogP contribution in [0.4, 0.5) is 0 Å². The third kappa shape index (κ3) is 3.69. The molecular formula is C10H16B2N2O6. The quantitative estimate of drug-likeness (QED) is 0.241. The molecule has 0 bridgehead atoms. The maximum Gasteiger partial charge on any atom is 0.328 e. The molecule has 0 aliphatic carbocycles. The van der Waals surface area contributed by atoms with Crippen LogP contribution in [0.5, 0.6) is 0 Å². The number of aromatic nitrogens is 2. The third-order valence-electron chi connectivity index (χ3n) is 3.09. The zero-order valence-corrected chi connectivity index (χ0v) is 11.6. The second-order valence-corrected chi connectivity index (χ2v) is 4.86. The average Bonchev–Trinajstić information content (AvgIpc) is 2.41. The zero-order chi connectivity index (χ0) is 15.3. The molecule has 108 valence electrons. The van der Waals surface area contributed by atoms with E-state index in [1.54, 1.807) is 15.7 Å². The highest BCUT2D eigenvalue weighted by Gasteiger charge is 2.30. The van der Waals surface area contributed by atoms with Crippen LogP contribution in [0.3, 0.4) is 0 Å². The summed E-state index contributed by atoms with van der Waals surface area (Å²) in [7, 11) is 4.72. The first-order valence-electron chi connectivity index (χ1n) is 6.00. The van der Waals surface area contributed by atoms with E-state index in [9.17, 15) is 14.4 Å². The molecule has 0 amide bonds. The van der Waals surface area contributed by atoms with Gasteiger partial charge in [0.25, 0.3) is 5.56 Å². The molecule has 20 heavy (non-hydrogen) atoms. The van der Waals surface area contributed by atoms with Crippen molar-refractivity contribution in [2.75, 3.05) is 7.11 Å². The molecule has 0 aliphatic rings. The number of aldehydes is 1. The summed E-state index contributed by atoms with van der Waals surface area (Å²) >= 11 is 0. The van der Waals surface area contributed by atoms with Crippen LogP contribution in [0, 0.1) is 0 Å². The van der Waals surface area contributed by atoms with Crippen molar-refractivity contribution in [1.82, 2.24) is 9.55 Å². The maximum absolute atomic E-state index is 11.6. The number of methoxy groups -OCH3 is 1. The van der Waals surface area contributed by atoms with Crippen LogP contribution in [0.1, 0.15) is 16.8 Å². The van der Waals surface area contributed by atoms with Crippen molar-refractivity contribution in [3.63, 3.8) is 0 Å². The third-order valence-corrected chi connectivity index (χ3v) is 3.09. The van der Waals surface area contributed by atoms with Gasteiger partial charge in [-0.05, 0) is 6.42 Å². The molecular weight excluding hydrogens is 266 g/mol. The lowest BCUT2D eigenvalue weighted by atomic mass is 9.61. The minimum absolute atomic E-state index is 0.128. The summed E-state index contributed by atoms with van der Waals surface area (Å²) in [4.78, 5) is 39.9. The van der Waals surface area contributed by atoms with Crippen molar-refractivity contribution >= 4 is 22.0 Å². The van der Waals surface area contributed by atoms with Crippen molar-refractivity contribution in [1.29, 1.82) is 0 Å². The number of nitrogens with zero attached hydrogens (tertiary/aromatic N) is 1. The van der Waals surface area contributed by atoms with Crippen molar-refractivity contribution in [3.8, 4) is 0 Å². The van der Waals surface area contributed by atoms with Crippen LogP contribution in [-0.2, 0) is 16.2 Å². The largest absolute Gasteiger partial charge is 0.380 e. The number of carbonyl (C=O) groups is 1. The van der Waals surface area contributed by atoms with Gasteiger partial charge in [0, 0.05) is 19.9 Å². The lowest BCUT2D eigenvalue weighted by molar-refractivity contribution is -0.291. The Bertz CT molecular complexity index is 582. The lowest BCUT2D eigenvalue weighted by Crippen LogP contribution is -2.47. The first kappa shape index (κ1) is 16.4. The second kappa shape index (κ2) is 6.69. The van der Waals surface area contributed by atoms with Crippen LogP contribution in [0.2, 0.25) is 0 Å². The molecule has 0 spiro atoms. The summed E-state index contributed by atoms with van der Waals surface area (Å²) in [5.41, 5.74) is -1.46. The van der Waals surface area contributed by atoms with Crippen LogP contribution < -0.4 is 11.2 Å². The molecule has 0 aromatic carbocycles. The minimum atomic E-state index is -0.950. The van der Waals surface area contributed by atoms with Crippen LogP contribution >= 0.6 is 0 Å². The predicted octanol–water partition coefficient (Wildman–Crippen LogP) is -2.84. The Hall–Kier alpha value is -1.64. The molecule has 8 nitrogen and oxygen atoms in total. The summed E-state index contributed by atoms with van der Waals surface area (Å²) in [6.07, 6.45) is 1.43. The fourth-order valence-electron chi connectivity index (χ4n) is 1.84. The Balaban J connectivity index is 2.92. The lowest BCUT2D eigenvalue weighted by Gasteiger charge is -2.30. The van der Waals surface area contributed by atoms with E-state index in [0.29, 0.717) is 12.7 Å². The predicted molar refractivity (Wildman–Crippen MR) is 75.7 cm³/mol.